The molecule has 1 aromatic carbocycles. The number of thiophene rings is 1. The summed E-state index contributed by atoms with van der Waals surface area (Å²) in [7, 11) is 0. The molecule has 2 N–H and O–H groups in total. The van der Waals surface area contributed by atoms with Crippen molar-refractivity contribution in [2.24, 2.45) is 5.16 Å². The molecule has 25 heavy (non-hydrogen) atoms. The Kier molecular flexibility index (Phi) is 5.35. The quantitative estimate of drug-likeness (QED) is 0.839. The van der Waals surface area contributed by atoms with Gasteiger partial charge in [0.25, 0.3) is 11.8 Å². The van der Waals surface area contributed by atoms with Gasteiger partial charge in [-0.2, -0.15) is 0 Å². The molecule has 1 aliphatic rings. The van der Waals surface area contributed by atoms with Gasteiger partial charge in [0, 0.05) is 24.2 Å². The van der Waals surface area contributed by atoms with Gasteiger partial charge in [-0.3, -0.25) is 9.59 Å². The lowest BCUT2D eigenvalue weighted by atomic mass is 10.1. The molecule has 1 aromatic heterocycles. The number of nitrogens with one attached hydrogen (secondary N) is 2. The van der Waals surface area contributed by atoms with E-state index in [0.717, 1.165) is 4.88 Å². The van der Waals surface area contributed by atoms with E-state index in [9.17, 15) is 9.59 Å². The summed E-state index contributed by atoms with van der Waals surface area (Å²) in [5, 5.41) is 9.45. The molecule has 2 aromatic rings. The molecule has 130 valence electrons. The van der Waals surface area contributed by atoms with Crippen molar-refractivity contribution in [2.75, 3.05) is 11.9 Å². The molecule has 6 nitrogen and oxygen atoms in total. The minimum absolute atomic E-state index is 0.184. The van der Waals surface area contributed by atoms with Crippen LogP contribution in [-0.4, -0.2) is 30.2 Å². The number of halogens is 1. The zero-order valence-electron chi connectivity index (χ0n) is 13.4. The summed E-state index contributed by atoms with van der Waals surface area (Å²) in [6, 6.07) is 10.4. The molecule has 0 saturated carbocycles. The smallest absolute Gasteiger partial charge is 0.268 e. The van der Waals surface area contributed by atoms with Gasteiger partial charge in [0.2, 0.25) is 6.10 Å². The fraction of sp³-hybridized carbons (Fsp3) is 0.235. The Bertz CT molecular complexity index is 834. The van der Waals surface area contributed by atoms with Gasteiger partial charge in [-0.05, 0) is 37.3 Å². The topological polar surface area (TPSA) is 79.8 Å². The first-order valence-corrected chi connectivity index (χ1v) is 8.94. The van der Waals surface area contributed by atoms with Crippen molar-refractivity contribution < 1.29 is 14.4 Å². The van der Waals surface area contributed by atoms with Gasteiger partial charge < -0.3 is 15.5 Å². The summed E-state index contributed by atoms with van der Waals surface area (Å²) < 4.78 is 0.660. The standard InChI is InChI=1S/C17H16ClN3O3S/c1-2-19-16(22)10-4-3-5-11(8-10)20-17(23)13-9-12(21-24-13)14-6-7-15(18)25-14/h3-8,13H,2,9H2,1H3,(H,19,22)(H,20,23). The fourth-order valence-electron chi connectivity index (χ4n) is 2.36. The molecule has 0 aliphatic carbocycles. The third kappa shape index (κ3) is 4.18. The SMILES string of the molecule is CCNC(=O)c1cccc(NC(=O)C2CC(c3ccc(Cl)s3)=NO2)c1. The number of benzene rings is 1. The van der Waals surface area contributed by atoms with Crippen molar-refractivity contribution in [1.29, 1.82) is 0 Å². The lowest BCUT2D eigenvalue weighted by Gasteiger charge is -2.10. The largest absolute Gasteiger partial charge is 0.382 e. The van der Waals surface area contributed by atoms with Crippen molar-refractivity contribution in [3.05, 3.63) is 51.2 Å². The van der Waals surface area contributed by atoms with Gasteiger partial charge in [-0.1, -0.05) is 22.8 Å². The van der Waals surface area contributed by atoms with E-state index >= 15 is 0 Å². The molecular weight excluding hydrogens is 362 g/mol. The van der Waals surface area contributed by atoms with E-state index in [4.69, 9.17) is 16.4 Å². The third-order valence-corrected chi connectivity index (χ3v) is 4.83. The molecule has 8 heteroatoms. The molecule has 1 unspecified atom stereocenters. The fourth-order valence-corrected chi connectivity index (χ4v) is 3.39. The maximum atomic E-state index is 12.4. The number of rotatable bonds is 5. The van der Waals surface area contributed by atoms with Crippen LogP contribution in [0.4, 0.5) is 5.69 Å². The van der Waals surface area contributed by atoms with Crippen molar-refractivity contribution in [3.8, 4) is 0 Å². The minimum Gasteiger partial charge on any atom is -0.382 e. The van der Waals surface area contributed by atoms with Crippen molar-refractivity contribution in [3.63, 3.8) is 0 Å². The summed E-state index contributed by atoms with van der Waals surface area (Å²) in [5.74, 6) is -0.495. The molecule has 0 bridgehead atoms. The van der Waals surface area contributed by atoms with Crippen LogP contribution in [0.15, 0.2) is 41.6 Å². The Hall–Kier alpha value is -2.38. The van der Waals surface area contributed by atoms with Crippen LogP contribution in [0.2, 0.25) is 4.34 Å². The molecule has 2 heterocycles. The number of carbonyl (C=O) groups excluding carboxylic acids is 2. The predicted octanol–water partition coefficient (Wildman–Crippen LogP) is 3.28. The number of nitrogens with zero attached hydrogens (tertiary/aromatic N) is 1. The Labute approximate surface area is 153 Å². The van der Waals surface area contributed by atoms with Gasteiger partial charge in [-0.25, -0.2) is 0 Å². The molecule has 0 spiro atoms. The van der Waals surface area contributed by atoms with Crippen LogP contribution in [0.1, 0.15) is 28.6 Å². The maximum Gasteiger partial charge on any atom is 0.268 e. The number of oxime groups is 1. The van der Waals surface area contributed by atoms with E-state index in [-0.39, 0.29) is 11.8 Å². The summed E-state index contributed by atoms with van der Waals surface area (Å²) in [6.07, 6.45) is -0.331. The first-order valence-electron chi connectivity index (χ1n) is 7.74. The Morgan fingerprint density at radius 1 is 1.36 bits per heavy atom. The molecule has 0 fully saturated rings. The van der Waals surface area contributed by atoms with Gasteiger partial charge in [0.05, 0.1) is 9.21 Å². The second-order valence-electron chi connectivity index (χ2n) is 5.37. The molecule has 0 radical (unpaired) electrons. The number of carbonyl (C=O) groups is 2. The average molecular weight is 378 g/mol. The first-order chi connectivity index (χ1) is 12.1. The first kappa shape index (κ1) is 17.4. The van der Waals surface area contributed by atoms with Gasteiger partial charge in [0.15, 0.2) is 0 Å². The summed E-state index contributed by atoms with van der Waals surface area (Å²) in [4.78, 5) is 30.4. The number of amides is 2. The van der Waals surface area contributed by atoms with E-state index in [2.05, 4.69) is 15.8 Å². The van der Waals surface area contributed by atoms with Crippen LogP contribution < -0.4 is 10.6 Å². The highest BCUT2D eigenvalue weighted by molar-refractivity contribution is 7.18. The van der Waals surface area contributed by atoms with Crippen LogP contribution in [0.5, 0.6) is 0 Å². The van der Waals surface area contributed by atoms with E-state index in [0.29, 0.717) is 34.3 Å². The van der Waals surface area contributed by atoms with E-state index in [1.54, 1.807) is 30.3 Å². The van der Waals surface area contributed by atoms with Gasteiger partial charge >= 0.3 is 0 Å². The molecular formula is C17H16ClN3O3S. The zero-order chi connectivity index (χ0) is 17.8. The second kappa shape index (κ2) is 7.67. The lowest BCUT2D eigenvalue weighted by Crippen LogP contribution is -2.28. The third-order valence-electron chi connectivity index (χ3n) is 3.55. The molecule has 3 rings (SSSR count). The number of hydrogen-bond donors (Lipinski definition) is 2. The van der Waals surface area contributed by atoms with Crippen LogP contribution in [0, 0.1) is 0 Å². The highest BCUT2D eigenvalue weighted by atomic mass is 35.5. The monoisotopic (exact) mass is 377 g/mol. The van der Waals surface area contributed by atoms with Crippen LogP contribution in [0.3, 0.4) is 0 Å². The summed E-state index contributed by atoms with van der Waals surface area (Å²) in [6.45, 7) is 2.39. The lowest BCUT2D eigenvalue weighted by molar-refractivity contribution is -0.125. The summed E-state index contributed by atoms with van der Waals surface area (Å²) in [5.41, 5.74) is 1.72. The average Bonchev–Trinajstić information content (AvgIpc) is 3.24. The summed E-state index contributed by atoms with van der Waals surface area (Å²) >= 11 is 7.31. The second-order valence-corrected chi connectivity index (χ2v) is 7.08. The normalized spacial score (nSPS) is 16.1. The van der Waals surface area contributed by atoms with Crippen molar-refractivity contribution in [1.82, 2.24) is 5.32 Å². The Morgan fingerprint density at radius 2 is 2.20 bits per heavy atom. The highest BCUT2D eigenvalue weighted by Crippen LogP contribution is 2.26. The minimum atomic E-state index is -0.705. The maximum absolute atomic E-state index is 12.4. The molecule has 1 atom stereocenters. The van der Waals surface area contributed by atoms with Crippen LogP contribution >= 0.6 is 22.9 Å². The van der Waals surface area contributed by atoms with E-state index in [1.165, 1.54) is 11.3 Å². The predicted molar refractivity (Wildman–Crippen MR) is 98.4 cm³/mol. The van der Waals surface area contributed by atoms with E-state index in [1.807, 2.05) is 13.0 Å². The Morgan fingerprint density at radius 3 is 2.92 bits per heavy atom. The highest BCUT2D eigenvalue weighted by Gasteiger charge is 2.29. The van der Waals surface area contributed by atoms with Crippen molar-refractivity contribution in [2.45, 2.75) is 19.4 Å². The number of anilines is 1. The Balaban J connectivity index is 1.62. The van der Waals surface area contributed by atoms with Crippen LogP contribution in [-0.2, 0) is 9.63 Å². The van der Waals surface area contributed by atoms with Gasteiger partial charge in [0.1, 0.15) is 5.71 Å². The zero-order valence-corrected chi connectivity index (χ0v) is 15.0. The van der Waals surface area contributed by atoms with E-state index < -0.39 is 6.10 Å². The molecule has 0 saturated heterocycles. The van der Waals surface area contributed by atoms with Crippen LogP contribution in [0.25, 0.3) is 0 Å². The number of hydrogen-bond acceptors (Lipinski definition) is 5. The molecule has 2 amide bonds. The van der Waals surface area contributed by atoms with Crippen molar-refractivity contribution >= 4 is 46.2 Å². The molecule has 1 aliphatic heterocycles. The van der Waals surface area contributed by atoms with Gasteiger partial charge in [-0.15, -0.1) is 11.3 Å².